The number of hydrogen-bond donors (Lipinski definition) is 4. The van der Waals surface area contributed by atoms with E-state index < -0.39 is 0 Å². The molecule has 0 saturated heterocycles. The minimum atomic E-state index is -0.216. The SMILES string of the molecule is CC(=N)c1nc(-c2ccc[nH]c2=O)cc(NCc2cnn(C)c2)c1NC(C)C. The summed E-state index contributed by atoms with van der Waals surface area (Å²) in [5.41, 5.74) is 4.17. The minimum Gasteiger partial charge on any atom is -0.379 e. The van der Waals surface area contributed by atoms with Crippen LogP contribution in [-0.2, 0) is 13.6 Å². The molecule has 3 aromatic heterocycles. The first-order valence-corrected chi connectivity index (χ1v) is 9.11. The third-order valence-corrected chi connectivity index (χ3v) is 4.14. The van der Waals surface area contributed by atoms with Gasteiger partial charge in [-0.3, -0.25) is 9.48 Å². The van der Waals surface area contributed by atoms with E-state index in [4.69, 9.17) is 5.41 Å². The Balaban J connectivity index is 2.10. The van der Waals surface area contributed by atoms with Crippen molar-refractivity contribution >= 4 is 17.1 Å². The highest BCUT2D eigenvalue weighted by Crippen LogP contribution is 2.31. The molecule has 3 aromatic rings. The molecule has 0 spiro atoms. The Morgan fingerprint density at radius 3 is 2.79 bits per heavy atom. The van der Waals surface area contributed by atoms with Crippen molar-refractivity contribution in [3.8, 4) is 11.3 Å². The molecule has 0 amide bonds. The number of aryl methyl sites for hydroxylation is 1. The molecule has 0 aliphatic rings. The van der Waals surface area contributed by atoms with Crippen molar-refractivity contribution in [2.24, 2.45) is 7.05 Å². The Morgan fingerprint density at radius 1 is 1.39 bits per heavy atom. The number of anilines is 2. The number of rotatable bonds is 7. The number of aromatic amines is 1. The van der Waals surface area contributed by atoms with Gasteiger partial charge in [0.15, 0.2) is 0 Å². The number of nitrogens with one attached hydrogen (secondary N) is 4. The number of pyridine rings is 2. The van der Waals surface area contributed by atoms with Gasteiger partial charge in [-0.05, 0) is 39.0 Å². The molecule has 0 radical (unpaired) electrons. The first kappa shape index (κ1) is 19.3. The maximum atomic E-state index is 12.3. The third kappa shape index (κ3) is 4.28. The molecule has 0 aliphatic heterocycles. The Labute approximate surface area is 163 Å². The summed E-state index contributed by atoms with van der Waals surface area (Å²) in [7, 11) is 1.87. The van der Waals surface area contributed by atoms with Gasteiger partial charge in [-0.15, -0.1) is 0 Å². The van der Waals surface area contributed by atoms with Gasteiger partial charge in [-0.2, -0.15) is 5.10 Å². The van der Waals surface area contributed by atoms with Crippen LogP contribution in [0, 0.1) is 5.41 Å². The summed E-state index contributed by atoms with van der Waals surface area (Å²) in [6.07, 6.45) is 5.33. The van der Waals surface area contributed by atoms with Crippen LogP contribution in [0.25, 0.3) is 11.3 Å². The van der Waals surface area contributed by atoms with Crippen molar-refractivity contribution in [2.45, 2.75) is 33.4 Å². The first-order valence-electron chi connectivity index (χ1n) is 9.11. The first-order chi connectivity index (χ1) is 13.3. The average molecular weight is 379 g/mol. The quantitative estimate of drug-likeness (QED) is 0.472. The maximum Gasteiger partial charge on any atom is 0.257 e. The van der Waals surface area contributed by atoms with E-state index in [1.165, 1.54) is 0 Å². The molecular weight excluding hydrogens is 354 g/mol. The van der Waals surface area contributed by atoms with Crippen molar-refractivity contribution in [1.82, 2.24) is 19.7 Å². The zero-order valence-electron chi connectivity index (χ0n) is 16.5. The van der Waals surface area contributed by atoms with Crippen molar-refractivity contribution in [2.75, 3.05) is 10.6 Å². The van der Waals surface area contributed by atoms with Crippen molar-refractivity contribution in [3.63, 3.8) is 0 Å². The molecular formula is C20H25N7O. The summed E-state index contributed by atoms with van der Waals surface area (Å²) in [5.74, 6) is 0. The summed E-state index contributed by atoms with van der Waals surface area (Å²) in [6.45, 7) is 6.32. The van der Waals surface area contributed by atoms with Crippen LogP contribution in [0.5, 0.6) is 0 Å². The molecule has 0 saturated carbocycles. The highest BCUT2D eigenvalue weighted by Gasteiger charge is 2.17. The van der Waals surface area contributed by atoms with Gasteiger partial charge >= 0.3 is 0 Å². The zero-order valence-corrected chi connectivity index (χ0v) is 16.5. The van der Waals surface area contributed by atoms with E-state index in [1.807, 2.05) is 33.2 Å². The summed E-state index contributed by atoms with van der Waals surface area (Å²) >= 11 is 0. The van der Waals surface area contributed by atoms with Crippen molar-refractivity contribution < 1.29 is 0 Å². The predicted octanol–water partition coefficient (Wildman–Crippen LogP) is 2.99. The van der Waals surface area contributed by atoms with Gasteiger partial charge in [0.1, 0.15) is 5.69 Å². The third-order valence-electron chi connectivity index (χ3n) is 4.14. The lowest BCUT2D eigenvalue weighted by Crippen LogP contribution is -2.18. The molecule has 3 heterocycles. The van der Waals surface area contributed by atoms with Crippen LogP contribution in [0.1, 0.15) is 32.0 Å². The fraction of sp³-hybridized carbons (Fsp3) is 0.300. The van der Waals surface area contributed by atoms with E-state index in [2.05, 4.69) is 25.7 Å². The molecule has 0 bridgehead atoms. The van der Waals surface area contributed by atoms with E-state index in [-0.39, 0.29) is 11.6 Å². The van der Waals surface area contributed by atoms with E-state index >= 15 is 0 Å². The lowest BCUT2D eigenvalue weighted by Gasteiger charge is -2.20. The minimum absolute atomic E-state index is 0.157. The molecule has 28 heavy (non-hydrogen) atoms. The van der Waals surface area contributed by atoms with E-state index in [0.717, 1.165) is 16.9 Å². The maximum absolute atomic E-state index is 12.3. The number of nitrogens with zero attached hydrogens (tertiary/aromatic N) is 3. The van der Waals surface area contributed by atoms with Crippen LogP contribution in [0.2, 0.25) is 0 Å². The second kappa shape index (κ2) is 8.08. The fourth-order valence-electron chi connectivity index (χ4n) is 2.91. The molecule has 0 aliphatic carbocycles. The normalized spacial score (nSPS) is 10.9. The van der Waals surface area contributed by atoms with Gasteiger partial charge in [0.25, 0.3) is 5.56 Å². The Kier molecular flexibility index (Phi) is 5.58. The van der Waals surface area contributed by atoms with Crippen LogP contribution in [0.15, 0.2) is 41.6 Å². The van der Waals surface area contributed by atoms with E-state index in [1.54, 1.807) is 36.1 Å². The van der Waals surface area contributed by atoms with Gasteiger partial charge in [0.05, 0.1) is 34.5 Å². The average Bonchev–Trinajstić information content (AvgIpc) is 3.06. The van der Waals surface area contributed by atoms with Gasteiger partial charge in [-0.25, -0.2) is 4.98 Å². The van der Waals surface area contributed by atoms with Gasteiger partial charge in [0, 0.05) is 37.6 Å². The largest absolute Gasteiger partial charge is 0.379 e. The molecule has 8 heteroatoms. The van der Waals surface area contributed by atoms with Crippen LogP contribution in [-0.4, -0.2) is 31.5 Å². The van der Waals surface area contributed by atoms with Crippen LogP contribution in [0.4, 0.5) is 11.4 Å². The highest BCUT2D eigenvalue weighted by atomic mass is 16.1. The molecule has 0 unspecified atom stereocenters. The summed E-state index contributed by atoms with van der Waals surface area (Å²) < 4.78 is 1.75. The lowest BCUT2D eigenvalue weighted by molar-refractivity contribution is 0.767. The Morgan fingerprint density at radius 2 is 2.18 bits per heavy atom. The van der Waals surface area contributed by atoms with Crippen molar-refractivity contribution in [3.05, 3.63) is 58.4 Å². The van der Waals surface area contributed by atoms with E-state index in [0.29, 0.717) is 29.2 Å². The van der Waals surface area contributed by atoms with Gasteiger partial charge < -0.3 is 21.0 Å². The summed E-state index contributed by atoms with van der Waals surface area (Å²) in [5, 5.41) is 19.2. The van der Waals surface area contributed by atoms with E-state index in [9.17, 15) is 4.79 Å². The fourth-order valence-corrected chi connectivity index (χ4v) is 2.91. The predicted molar refractivity (Wildman–Crippen MR) is 112 cm³/mol. The summed E-state index contributed by atoms with van der Waals surface area (Å²) in [4.78, 5) is 19.6. The topological polar surface area (TPSA) is 111 Å². The zero-order chi connectivity index (χ0) is 20.3. The molecule has 0 atom stereocenters. The Bertz CT molecular complexity index is 1050. The van der Waals surface area contributed by atoms with Crippen LogP contribution < -0.4 is 16.2 Å². The van der Waals surface area contributed by atoms with Gasteiger partial charge in [0.2, 0.25) is 0 Å². The molecule has 8 nitrogen and oxygen atoms in total. The highest BCUT2D eigenvalue weighted by molar-refractivity contribution is 6.03. The van der Waals surface area contributed by atoms with Crippen LogP contribution >= 0.6 is 0 Å². The Hall–Kier alpha value is -3.42. The molecule has 146 valence electrons. The standard InChI is InChI=1S/C20H25N7O/c1-12(2)25-19-17(23-9-14-10-24-27(4)11-14)8-16(26-18(19)13(3)21)15-6-5-7-22-20(15)28/h5-8,10-12,21,25H,9H2,1-4H3,(H,22,28)(H,23,26). The molecule has 0 fully saturated rings. The summed E-state index contributed by atoms with van der Waals surface area (Å²) in [6, 6.07) is 5.49. The molecule has 0 aromatic carbocycles. The number of aromatic nitrogens is 4. The smallest absolute Gasteiger partial charge is 0.257 e. The van der Waals surface area contributed by atoms with Gasteiger partial charge in [-0.1, -0.05) is 0 Å². The number of hydrogen-bond acceptors (Lipinski definition) is 6. The second-order valence-corrected chi connectivity index (χ2v) is 6.99. The second-order valence-electron chi connectivity index (χ2n) is 6.99. The van der Waals surface area contributed by atoms with Crippen molar-refractivity contribution in [1.29, 1.82) is 5.41 Å². The molecule has 3 rings (SSSR count). The lowest BCUT2D eigenvalue weighted by atomic mass is 10.1. The molecule has 4 N–H and O–H groups in total. The number of H-pyrrole nitrogens is 1. The van der Waals surface area contributed by atoms with Crippen LogP contribution in [0.3, 0.4) is 0 Å². The monoisotopic (exact) mass is 379 g/mol.